The molecule has 1 aliphatic rings. The van der Waals surface area contributed by atoms with E-state index in [4.69, 9.17) is 11.6 Å². The standard InChI is InChI=1S/C16H22ClNO/c1-18-16(9-3-2-4-10-16)12-15(19)11-13-5-7-14(17)8-6-13/h5-8,18H,2-4,9-12H2,1H3. The fraction of sp³-hybridized carbons (Fsp3) is 0.562. The average molecular weight is 280 g/mol. The highest BCUT2D eigenvalue weighted by molar-refractivity contribution is 6.30. The van der Waals surface area contributed by atoms with E-state index in [9.17, 15) is 4.79 Å². The summed E-state index contributed by atoms with van der Waals surface area (Å²) in [5, 5.41) is 4.12. The lowest BCUT2D eigenvalue weighted by Crippen LogP contribution is -2.46. The number of carbonyl (C=O) groups is 1. The van der Waals surface area contributed by atoms with Gasteiger partial charge < -0.3 is 5.32 Å². The van der Waals surface area contributed by atoms with Crippen molar-refractivity contribution in [1.82, 2.24) is 5.32 Å². The first-order valence-electron chi connectivity index (χ1n) is 7.09. The molecule has 0 aliphatic heterocycles. The van der Waals surface area contributed by atoms with E-state index in [2.05, 4.69) is 5.32 Å². The Morgan fingerprint density at radius 3 is 2.42 bits per heavy atom. The molecule has 1 aromatic rings. The second-order valence-electron chi connectivity index (χ2n) is 5.61. The van der Waals surface area contributed by atoms with Crippen molar-refractivity contribution in [1.29, 1.82) is 0 Å². The molecule has 0 heterocycles. The molecule has 3 heteroatoms. The molecule has 1 N–H and O–H groups in total. The Hall–Kier alpha value is -0.860. The van der Waals surface area contributed by atoms with Crippen molar-refractivity contribution in [2.75, 3.05) is 7.05 Å². The van der Waals surface area contributed by atoms with Crippen LogP contribution in [-0.4, -0.2) is 18.4 Å². The Bertz CT molecular complexity index is 421. The lowest BCUT2D eigenvalue weighted by molar-refractivity contribution is -0.120. The summed E-state index contributed by atoms with van der Waals surface area (Å²) in [5.41, 5.74) is 1.10. The van der Waals surface area contributed by atoms with Gasteiger partial charge in [-0.3, -0.25) is 4.79 Å². The van der Waals surface area contributed by atoms with Crippen LogP contribution >= 0.6 is 11.6 Å². The molecule has 0 unspecified atom stereocenters. The maximum Gasteiger partial charge on any atom is 0.139 e. The van der Waals surface area contributed by atoms with Crippen LogP contribution in [0.25, 0.3) is 0 Å². The fourth-order valence-corrected chi connectivity index (χ4v) is 3.14. The topological polar surface area (TPSA) is 29.1 Å². The van der Waals surface area contributed by atoms with Crippen LogP contribution in [-0.2, 0) is 11.2 Å². The molecule has 104 valence electrons. The van der Waals surface area contributed by atoms with Crippen LogP contribution < -0.4 is 5.32 Å². The lowest BCUT2D eigenvalue weighted by Gasteiger charge is -2.36. The minimum atomic E-state index is 0.0434. The highest BCUT2D eigenvalue weighted by Gasteiger charge is 2.32. The minimum Gasteiger partial charge on any atom is -0.314 e. The summed E-state index contributed by atoms with van der Waals surface area (Å²) in [6, 6.07) is 7.57. The average Bonchev–Trinajstić information content (AvgIpc) is 2.42. The maximum absolute atomic E-state index is 12.3. The van der Waals surface area contributed by atoms with E-state index in [0.717, 1.165) is 23.4 Å². The van der Waals surface area contributed by atoms with Crippen molar-refractivity contribution in [2.45, 2.75) is 50.5 Å². The van der Waals surface area contributed by atoms with Gasteiger partial charge in [-0.2, -0.15) is 0 Å². The molecular weight excluding hydrogens is 258 g/mol. The number of rotatable bonds is 5. The van der Waals surface area contributed by atoms with Crippen LogP contribution in [0.5, 0.6) is 0 Å². The first-order chi connectivity index (χ1) is 9.13. The van der Waals surface area contributed by atoms with Gasteiger partial charge in [-0.15, -0.1) is 0 Å². The SMILES string of the molecule is CNC1(CC(=O)Cc2ccc(Cl)cc2)CCCCC1. The number of benzene rings is 1. The third-order valence-electron chi connectivity index (χ3n) is 4.19. The number of carbonyl (C=O) groups excluding carboxylic acids is 1. The molecule has 1 aliphatic carbocycles. The Morgan fingerprint density at radius 2 is 1.84 bits per heavy atom. The van der Waals surface area contributed by atoms with Gasteiger partial charge in [-0.25, -0.2) is 0 Å². The van der Waals surface area contributed by atoms with Crippen LogP contribution in [0.4, 0.5) is 0 Å². The van der Waals surface area contributed by atoms with Gasteiger partial charge in [0.1, 0.15) is 5.78 Å². The van der Waals surface area contributed by atoms with E-state index >= 15 is 0 Å². The van der Waals surface area contributed by atoms with Crippen molar-refractivity contribution in [3.05, 3.63) is 34.9 Å². The molecule has 1 fully saturated rings. The number of nitrogens with one attached hydrogen (secondary N) is 1. The fourth-order valence-electron chi connectivity index (χ4n) is 3.01. The Balaban J connectivity index is 1.94. The largest absolute Gasteiger partial charge is 0.314 e. The Labute approximate surface area is 120 Å². The number of hydrogen-bond donors (Lipinski definition) is 1. The van der Waals surface area contributed by atoms with Gasteiger partial charge in [0.15, 0.2) is 0 Å². The van der Waals surface area contributed by atoms with Crippen molar-refractivity contribution in [2.24, 2.45) is 0 Å². The predicted octanol–water partition coefficient (Wildman–Crippen LogP) is 3.76. The molecule has 2 rings (SSSR count). The molecule has 0 aromatic heterocycles. The molecule has 0 radical (unpaired) electrons. The molecular formula is C16H22ClNO. The smallest absolute Gasteiger partial charge is 0.139 e. The van der Waals surface area contributed by atoms with Crippen LogP contribution in [0.1, 0.15) is 44.1 Å². The van der Waals surface area contributed by atoms with Gasteiger partial charge in [0.2, 0.25) is 0 Å². The molecule has 1 aromatic carbocycles. The van der Waals surface area contributed by atoms with E-state index in [1.165, 1.54) is 19.3 Å². The zero-order valence-electron chi connectivity index (χ0n) is 11.5. The summed E-state index contributed by atoms with van der Waals surface area (Å²) in [5.74, 6) is 0.318. The summed E-state index contributed by atoms with van der Waals surface area (Å²) in [7, 11) is 1.99. The van der Waals surface area contributed by atoms with Gasteiger partial charge in [0.05, 0.1) is 0 Å². The molecule has 0 spiro atoms. The Morgan fingerprint density at radius 1 is 1.21 bits per heavy atom. The quantitative estimate of drug-likeness (QED) is 0.889. The van der Waals surface area contributed by atoms with E-state index in [1.807, 2.05) is 31.3 Å². The van der Waals surface area contributed by atoms with Gasteiger partial charge in [0.25, 0.3) is 0 Å². The second-order valence-corrected chi connectivity index (χ2v) is 6.05. The van der Waals surface area contributed by atoms with Gasteiger partial charge in [-0.1, -0.05) is 43.0 Å². The highest BCUT2D eigenvalue weighted by Crippen LogP contribution is 2.31. The summed E-state index contributed by atoms with van der Waals surface area (Å²) in [4.78, 5) is 12.3. The van der Waals surface area contributed by atoms with E-state index < -0.39 is 0 Å². The molecule has 0 bridgehead atoms. The highest BCUT2D eigenvalue weighted by atomic mass is 35.5. The lowest BCUT2D eigenvalue weighted by atomic mass is 9.78. The second kappa shape index (κ2) is 6.53. The summed E-state index contributed by atoms with van der Waals surface area (Å²) < 4.78 is 0. The molecule has 0 atom stereocenters. The van der Waals surface area contributed by atoms with Crippen LogP contribution in [0.2, 0.25) is 5.02 Å². The van der Waals surface area contributed by atoms with Crippen LogP contribution in [0, 0.1) is 0 Å². The van der Waals surface area contributed by atoms with Crippen molar-refractivity contribution >= 4 is 17.4 Å². The molecule has 0 saturated heterocycles. The predicted molar refractivity (Wildman–Crippen MR) is 79.7 cm³/mol. The minimum absolute atomic E-state index is 0.0434. The molecule has 1 saturated carbocycles. The molecule has 19 heavy (non-hydrogen) atoms. The van der Waals surface area contributed by atoms with Crippen LogP contribution in [0.15, 0.2) is 24.3 Å². The number of hydrogen-bond acceptors (Lipinski definition) is 2. The zero-order valence-corrected chi connectivity index (χ0v) is 12.3. The van der Waals surface area contributed by atoms with Gasteiger partial charge in [0, 0.05) is 23.4 Å². The van der Waals surface area contributed by atoms with Crippen molar-refractivity contribution in [3.63, 3.8) is 0 Å². The summed E-state index contributed by atoms with van der Waals surface area (Å²) in [6.45, 7) is 0. The van der Waals surface area contributed by atoms with Crippen LogP contribution in [0.3, 0.4) is 0 Å². The normalized spacial score (nSPS) is 18.2. The van der Waals surface area contributed by atoms with E-state index in [0.29, 0.717) is 18.6 Å². The number of Topliss-reactive ketones (excluding diaryl/α,β-unsaturated/α-hetero) is 1. The monoisotopic (exact) mass is 279 g/mol. The zero-order chi connectivity index (χ0) is 13.7. The maximum atomic E-state index is 12.3. The van der Waals surface area contributed by atoms with Crippen molar-refractivity contribution < 1.29 is 4.79 Å². The third kappa shape index (κ3) is 4.05. The molecule has 0 amide bonds. The van der Waals surface area contributed by atoms with Gasteiger partial charge in [-0.05, 0) is 37.6 Å². The summed E-state index contributed by atoms with van der Waals surface area (Å²) >= 11 is 5.85. The summed E-state index contributed by atoms with van der Waals surface area (Å²) in [6.07, 6.45) is 7.16. The number of ketones is 1. The van der Waals surface area contributed by atoms with Crippen molar-refractivity contribution in [3.8, 4) is 0 Å². The van der Waals surface area contributed by atoms with E-state index in [1.54, 1.807) is 0 Å². The Kier molecular flexibility index (Phi) is 5.00. The molecule has 2 nitrogen and oxygen atoms in total. The number of halogens is 1. The van der Waals surface area contributed by atoms with E-state index in [-0.39, 0.29) is 5.54 Å². The van der Waals surface area contributed by atoms with Gasteiger partial charge >= 0.3 is 0 Å². The first-order valence-corrected chi connectivity index (χ1v) is 7.46. The third-order valence-corrected chi connectivity index (χ3v) is 4.44. The first kappa shape index (κ1) is 14.5.